The molecule has 0 aromatic carbocycles. The second kappa shape index (κ2) is 3.07. The molecule has 0 aliphatic rings. The topological polar surface area (TPSA) is 56.0 Å². The van der Waals surface area contributed by atoms with Crippen molar-refractivity contribution in [1.29, 1.82) is 0 Å². The molecule has 1 aromatic heterocycles. The molecule has 11 heavy (non-hydrogen) atoms. The molecule has 0 saturated carbocycles. The molecule has 0 bridgehead atoms. The molecule has 0 aliphatic heterocycles. The van der Waals surface area contributed by atoms with E-state index in [1.54, 1.807) is 22.6 Å². The van der Waals surface area contributed by atoms with Crippen molar-refractivity contribution in [3.8, 4) is 0 Å². The van der Waals surface area contributed by atoms with Gasteiger partial charge in [-0.3, -0.25) is 10.1 Å². The summed E-state index contributed by atoms with van der Waals surface area (Å²) in [4.78, 5) is 12.7. The number of halogens is 2. The molecule has 1 heterocycles. The van der Waals surface area contributed by atoms with Crippen LogP contribution in [0.2, 0.25) is 0 Å². The third-order valence-electron chi connectivity index (χ3n) is 0.993. The Hall–Kier alpha value is -0.790. The molecule has 1 rings (SSSR count). The summed E-state index contributed by atoms with van der Waals surface area (Å²) < 4.78 is 12.6. The van der Waals surface area contributed by atoms with Crippen LogP contribution < -0.4 is 0 Å². The zero-order valence-corrected chi connectivity index (χ0v) is 7.28. The molecule has 0 fully saturated rings. The van der Waals surface area contributed by atoms with E-state index in [-0.39, 0.29) is 9.26 Å². The highest BCUT2D eigenvalue weighted by atomic mass is 127. The van der Waals surface area contributed by atoms with Gasteiger partial charge in [-0.2, -0.15) is 4.39 Å². The van der Waals surface area contributed by atoms with E-state index >= 15 is 0 Å². The van der Waals surface area contributed by atoms with E-state index in [0.29, 0.717) is 0 Å². The molecular weight excluding hydrogens is 266 g/mol. The van der Waals surface area contributed by atoms with Crippen LogP contribution in [0.25, 0.3) is 0 Å². The monoisotopic (exact) mass is 268 g/mol. The maximum atomic E-state index is 12.4. The van der Waals surface area contributed by atoms with E-state index in [2.05, 4.69) is 4.98 Å². The Morgan fingerprint density at radius 3 is 2.82 bits per heavy atom. The van der Waals surface area contributed by atoms with Crippen molar-refractivity contribution in [2.45, 2.75) is 0 Å². The minimum atomic E-state index is -0.684. The fourth-order valence-electron chi connectivity index (χ4n) is 0.511. The second-order valence-corrected chi connectivity index (χ2v) is 2.89. The first kappa shape index (κ1) is 8.31. The molecule has 0 amide bonds. The van der Waals surface area contributed by atoms with Crippen LogP contribution in [0.1, 0.15) is 0 Å². The number of hydrogen-bond donors (Lipinski definition) is 0. The Bertz CT molecular complexity index is 305. The van der Waals surface area contributed by atoms with Gasteiger partial charge < -0.3 is 0 Å². The minimum Gasteiger partial charge on any atom is -0.258 e. The van der Waals surface area contributed by atoms with Crippen molar-refractivity contribution in [2.75, 3.05) is 0 Å². The van der Waals surface area contributed by atoms with Crippen molar-refractivity contribution in [2.24, 2.45) is 0 Å². The van der Waals surface area contributed by atoms with Crippen LogP contribution in [0.5, 0.6) is 0 Å². The zero-order chi connectivity index (χ0) is 8.43. The first-order chi connectivity index (χ1) is 5.11. The molecule has 0 spiro atoms. The van der Waals surface area contributed by atoms with Gasteiger partial charge in [0, 0.05) is 6.07 Å². The predicted molar refractivity (Wildman–Crippen MR) is 43.6 cm³/mol. The molecule has 0 saturated heterocycles. The van der Waals surface area contributed by atoms with Gasteiger partial charge in [-0.15, -0.1) is 0 Å². The lowest BCUT2D eigenvalue weighted by molar-refractivity contribution is -0.385. The second-order valence-electron chi connectivity index (χ2n) is 1.72. The van der Waals surface area contributed by atoms with Crippen LogP contribution in [0.3, 0.4) is 0 Å². The van der Waals surface area contributed by atoms with Crippen molar-refractivity contribution in [3.05, 3.63) is 31.9 Å². The lowest BCUT2D eigenvalue weighted by atomic mass is 10.4. The summed E-state index contributed by atoms with van der Waals surface area (Å²) in [6.07, 6.45) is 0.886. The third-order valence-corrected chi connectivity index (χ3v) is 1.75. The van der Waals surface area contributed by atoms with E-state index in [4.69, 9.17) is 0 Å². The van der Waals surface area contributed by atoms with Crippen LogP contribution in [-0.4, -0.2) is 9.91 Å². The van der Waals surface area contributed by atoms with Gasteiger partial charge in [-0.05, 0) is 22.6 Å². The Morgan fingerprint density at radius 2 is 2.36 bits per heavy atom. The molecule has 0 radical (unpaired) electrons. The van der Waals surface area contributed by atoms with E-state index in [9.17, 15) is 14.5 Å². The van der Waals surface area contributed by atoms with E-state index < -0.39 is 10.9 Å². The van der Waals surface area contributed by atoms with Gasteiger partial charge in [0.15, 0.2) is 0 Å². The highest BCUT2D eigenvalue weighted by Gasteiger charge is 2.09. The maximum absolute atomic E-state index is 12.4. The summed E-state index contributed by atoms with van der Waals surface area (Å²) in [6.45, 7) is 0. The molecule has 0 atom stereocenters. The van der Waals surface area contributed by atoms with Crippen LogP contribution in [-0.2, 0) is 0 Å². The lowest BCUT2D eigenvalue weighted by Gasteiger charge is -1.91. The van der Waals surface area contributed by atoms with E-state index in [1.165, 1.54) is 0 Å². The van der Waals surface area contributed by atoms with Gasteiger partial charge in [0.25, 0.3) is 5.69 Å². The van der Waals surface area contributed by atoms with Crippen molar-refractivity contribution >= 4 is 28.3 Å². The fraction of sp³-hybridized carbons (Fsp3) is 0. The number of aromatic nitrogens is 1. The van der Waals surface area contributed by atoms with Gasteiger partial charge >= 0.3 is 0 Å². The van der Waals surface area contributed by atoms with Gasteiger partial charge in [-0.25, -0.2) is 4.98 Å². The number of nitrogens with zero attached hydrogens (tertiary/aromatic N) is 2. The smallest absolute Gasteiger partial charge is 0.258 e. The average molecular weight is 268 g/mol. The van der Waals surface area contributed by atoms with Gasteiger partial charge in [0.1, 0.15) is 6.20 Å². The van der Waals surface area contributed by atoms with Gasteiger partial charge in [0.2, 0.25) is 5.95 Å². The molecule has 6 heteroatoms. The number of pyridine rings is 1. The van der Waals surface area contributed by atoms with Crippen LogP contribution >= 0.6 is 22.6 Å². The quantitative estimate of drug-likeness (QED) is 0.337. The van der Waals surface area contributed by atoms with Crippen LogP contribution in [0.4, 0.5) is 10.1 Å². The highest BCUT2D eigenvalue weighted by molar-refractivity contribution is 14.1. The molecule has 1 aromatic rings. The molecule has 0 aliphatic carbocycles. The predicted octanol–water partition coefficient (Wildman–Crippen LogP) is 1.73. The van der Waals surface area contributed by atoms with Gasteiger partial charge in [0.05, 0.1) is 8.49 Å². The van der Waals surface area contributed by atoms with Gasteiger partial charge in [-0.1, -0.05) is 0 Å². The fourth-order valence-corrected chi connectivity index (χ4v) is 0.969. The average Bonchev–Trinajstić information content (AvgIpc) is 1.94. The standard InChI is InChI=1S/C5H2FIN2O2/c6-5-4(7)1-3(2-8-5)9(10)11/h1-2H. The Balaban J connectivity index is 3.15. The van der Waals surface area contributed by atoms with E-state index in [1.807, 2.05) is 0 Å². The lowest BCUT2D eigenvalue weighted by Crippen LogP contribution is -1.93. The molecule has 0 N–H and O–H groups in total. The van der Waals surface area contributed by atoms with Crippen molar-refractivity contribution < 1.29 is 9.31 Å². The Labute approximate surface area is 74.7 Å². The van der Waals surface area contributed by atoms with E-state index in [0.717, 1.165) is 12.3 Å². The number of rotatable bonds is 1. The molecule has 4 nitrogen and oxygen atoms in total. The zero-order valence-electron chi connectivity index (χ0n) is 5.12. The first-order valence-electron chi connectivity index (χ1n) is 2.56. The normalized spacial score (nSPS) is 9.64. The van der Waals surface area contributed by atoms with Crippen LogP contribution in [0, 0.1) is 19.6 Å². The summed E-state index contributed by atoms with van der Waals surface area (Å²) in [7, 11) is 0. The molecular formula is C5H2FIN2O2. The SMILES string of the molecule is O=[N+]([O-])c1cnc(F)c(I)c1. The largest absolute Gasteiger partial charge is 0.288 e. The number of nitro groups is 1. The van der Waals surface area contributed by atoms with Crippen molar-refractivity contribution in [1.82, 2.24) is 4.98 Å². The summed E-state index contributed by atoms with van der Waals surface area (Å²) in [5.41, 5.74) is -0.198. The molecule has 0 unspecified atom stereocenters. The third kappa shape index (κ3) is 1.82. The maximum Gasteiger partial charge on any atom is 0.288 e. The molecule has 58 valence electrons. The Kier molecular flexibility index (Phi) is 2.32. The first-order valence-corrected chi connectivity index (χ1v) is 3.64. The summed E-state index contributed by atoms with van der Waals surface area (Å²) in [6, 6.07) is 1.13. The van der Waals surface area contributed by atoms with Crippen molar-refractivity contribution in [3.63, 3.8) is 0 Å². The summed E-state index contributed by atoms with van der Waals surface area (Å²) in [5, 5.41) is 10.1. The highest BCUT2D eigenvalue weighted by Crippen LogP contribution is 2.15. The minimum absolute atomic E-state index is 0.150. The van der Waals surface area contributed by atoms with Crippen LogP contribution in [0.15, 0.2) is 12.3 Å². The summed E-state index contributed by atoms with van der Waals surface area (Å²) in [5.74, 6) is -0.684. The summed E-state index contributed by atoms with van der Waals surface area (Å²) >= 11 is 1.64. The Morgan fingerprint density at radius 1 is 1.73 bits per heavy atom. The number of hydrogen-bond acceptors (Lipinski definition) is 3.